The van der Waals surface area contributed by atoms with E-state index in [0.29, 0.717) is 0 Å². The quantitative estimate of drug-likeness (QED) is 0.668. The molecule has 0 heterocycles. The van der Waals surface area contributed by atoms with Crippen molar-refractivity contribution in [2.45, 2.75) is 43.0 Å². The highest BCUT2D eigenvalue weighted by atomic mass is 35.5. The molecule has 3 rings (SSSR count). The molecule has 2 aromatic rings. The molecule has 2 aromatic carbocycles. The van der Waals surface area contributed by atoms with Crippen molar-refractivity contribution in [2.24, 2.45) is 0 Å². The highest BCUT2D eigenvalue weighted by molar-refractivity contribution is 7.92. The lowest BCUT2D eigenvalue weighted by Gasteiger charge is -2.33. The van der Waals surface area contributed by atoms with Crippen LogP contribution in [-0.2, 0) is 14.8 Å². The molecule has 0 aromatic heterocycles. The number of amides is 1. The van der Waals surface area contributed by atoms with Gasteiger partial charge in [0.2, 0.25) is 5.91 Å². The lowest BCUT2D eigenvalue weighted by molar-refractivity contribution is -0.130. The van der Waals surface area contributed by atoms with Gasteiger partial charge < -0.3 is 4.90 Å². The van der Waals surface area contributed by atoms with Crippen LogP contribution in [0.3, 0.4) is 0 Å². The third kappa shape index (κ3) is 4.90. The van der Waals surface area contributed by atoms with Crippen molar-refractivity contribution >= 4 is 33.2 Å². The van der Waals surface area contributed by atoms with Crippen LogP contribution in [-0.4, -0.2) is 38.9 Å². The van der Waals surface area contributed by atoms with Gasteiger partial charge in [-0.05, 0) is 43.2 Å². The van der Waals surface area contributed by atoms with Gasteiger partial charge in [-0.1, -0.05) is 49.1 Å². The van der Waals surface area contributed by atoms with Gasteiger partial charge in [0.15, 0.2) is 0 Å². The molecule has 0 radical (unpaired) electrons. The minimum Gasteiger partial charge on any atom is -0.341 e. The van der Waals surface area contributed by atoms with Crippen molar-refractivity contribution in [3.05, 3.63) is 59.4 Å². The summed E-state index contributed by atoms with van der Waals surface area (Å²) in [6.45, 7) is -0.383. The number of halogens is 2. The summed E-state index contributed by atoms with van der Waals surface area (Å²) in [5.41, 5.74) is 0.144. The van der Waals surface area contributed by atoms with Gasteiger partial charge in [-0.2, -0.15) is 0 Å². The Morgan fingerprint density at radius 1 is 1.10 bits per heavy atom. The molecule has 0 atom stereocenters. The van der Waals surface area contributed by atoms with E-state index in [1.54, 1.807) is 30.1 Å². The molecular formula is C21H24ClFN2O3S. The molecule has 0 bridgehead atoms. The number of hydrogen-bond donors (Lipinski definition) is 0. The molecule has 29 heavy (non-hydrogen) atoms. The van der Waals surface area contributed by atoms with Gasteiger partial charge in [-0.3, -0.25) is 9.10 Å². The highest BCUT2D eigenvalue weighted by Crippen LogP contribution is 2.28. The number of rotatable bonds is 6. The number of carbonyl (C=O) groups is 1. The predicted molar refractivity (Wildman–Crippen MR) is 112 cm³/mol. The van der Waals surface area contributed by atoms with Gasteiger partial charge in [0.25, 0.3) is 10.0 Å². The summed E-state index contributed by atoms with van der Waals surface area (Å²) in [7, 11) is -2.33. The Morgan fingerprint density at radius 3 is 2.38 bits per heavy atom. The van der Waals surface area contributed by atoms with E-state index in [1.807, 2.05) is 0 Å². The van der Waals surface area contributed by atoms with Crippen LogP contribution < -0.4 is 4.31 Å². The Bertz CT molecular complexity index is 963. The smallest absolute Gasteiger partial charge is 0.264 e. The zero-order valence-corrected chi connectivity index (χ0v) is 17.8. The lowest BCUT2D eigenvalue weighted by atomic mass is 9.94. The van der Waals surface area contributed by atoms with Crippen molar-refractivity contribution in [1.29, 1.82) is 0 Å². The maximum absolute atomic E-state index is 13.6. The van der Waals surface area contributed by atoms with E-state index in [2.05, 4.69) is 0 Å². The summed E-state index contributed by atoms with van der Waals surface area (Å²) in [6, 6.07) is 11.6. The molecule has 156 valence electrons. The second-order valence-corrected chi connectivity index (χ2v) is 9.49. The topological polar surface area (TPSA) is 57.7 Å². The van der Waals surface area contributed by atoms with Crippen LogP contribution in [0.2, 0.25) is 5.02 Å². The Hall–Kier alpha value is -2.12. The van der Waals surface area contributed by atoms with Crippen LogP contribution in [0.15, 0.2) is 53.4 Å². The maximum Gasteiger partial charge on any atom is 0.264 e. The standard InChI is InChI=1S/C21H24ClFN2O3S/c1-24(16-8-4-2-5-9-16)21(26)15-25(17-12-13-20(23)19(22)14-17)29(27,28)18-10-6-3-7-11-18/h3,6-7,10-14,16H,2,4-5,8-9,15H2,1H3. The summed E-state index contributed by atoms with van der Waals surface area (Å²) in [4.78, 5) is 14.7. The van der Waals surface area contributed by atoms with Crippen LogP contribution in [0.4, 0.5) is 10.1 Å². The van der Waals surface area contributed by atoms with Gasteiger partial charge >= 0.3 is 0 Å². The molecule has 1 aliphatic rings. The molecule has 1 aliphatic carbocycles. The molecule has 8 heteroatoms. The molecule has 1 saturated carbocycles. The first-order valence-electron chi connectivity index (χ1n) is 9.59. The van der Waals surface area contributed by atoms with E-state index >= 15 is 0 Å². The first-order chi connectivity index (χ1) is 13.8. The third-order valence-corrected chi connectivity index (χ3v) is 7.39. The molecule has 5 nitrogen and oxygen atoms in total. The Kier molecular flexibility index (Phi) is 6.80. The third-order valence-electron chi connectivity index (χ3n) is 5.32. The summed E-state index contributed by atoms with van der Waals surface area (Å²) >= 11 is 5.88. The van der Waals surface area contributed by atoms with Crippen molar-refractivity contribution in [2.75, 3.05) is 17.9 Å². The van der Waals surface area contributed by atoms with Gasteiger partial charge in [0, 0.05) is 13.1 Å². The molecular weight excluding hydrogens is 415 g/mol. The fourth-order valence-electron chi connectivity index (χ4n) is 3.58. The minimum absolute atomic E-state index is 0.0496. The van der Waals surface area contributed by atoms with Crippen molar-refractivity contribution in [3.8, 4) is 0 Å². The van der Waals surface area contributed by atoms with E-state index in [1.165, 1.54) is 24.3 Å². The fourth-order valence-corrected chi connectivity index (χ4v) is 5.18. The molecule has 0 N–H and O–H groups in total. The number of likely N-dealkylation sites (N-methyl/N-ethyl adjacent to an activating group) is 1. The summed E-state index contributed by atoms with van der Waals surface area (Å²) in [5.74, 6) is -0.963. The minimum atomic E-state index is -4.04. The number of carbonyl (C=O) groups excluding carboxylic acids is 1. The van der Waals surface area contributed by atoms with Crippen LogP contribution in [0.25, 0.3) is 0 Å². The second-order valence-electron chi connectivity index (χ2n) is 7.22. The average Bonchev–Trinajstić information content (AvgIpc) is 2.74. The lowest BCUT2D eigenvalue weighted by Crippen LogP contribution is -2.46. The maximum atomic E-state index is 13.6. The molecule has 0 spiro atoms. The SMILES string of the molecule is CN(C(=O)CN(c1ccc(F)c(Cl)c1)S(=O)(=O)c1ccccc1)C1CCCCC1. The van der Waals surface area contributed by atoms with Crippen molar-refractivity contribution < 1.29 is 17.6 Å². The fraction of sp³-hybridized carbons (Fsp3) is 0.381. The Labute approximate surface area is 176 Å². The number of sulfonamides is 1. The van der Waals surface area contributed by atoms with Crippen LogP contribution >= 0.6 is 11.6 Å². The van der Waals surface area contributed by atoms with E-state index in [0.717, 1.165) is 42.5 Å². The zero-order valence-electron chi connectivity index (χ0n) is 16.2. The first-order valence-corrected chi connectivity index (χ1v) is 11.4. The second kappa shape index (κ2) is 9.13. The average molecular weight is 439 g/mol. The zero-order chi connectivity index (χ0) is 21.0. The summed E-state index contributed by atoms with van der Waals surface area (Å²) in [5, 5.41) is -0.205. The van der Waals surface area contributed by atoms with E-state index in [-0.39, 0.29) is 34.1 Å². The summed E-state index contributed by atoms with van der Waals surface area (Å²) in [6.07, 6.45) is 5.09. The largest absolute Gasteiger partial charge is 0.341 e. The van der Waals surface area contributed by atoms with E-state index in [4.69, 9.17) is 11.6 Å². The van der Waals surface area contributed by atoms with Crippen LogP contribution in [0, 0.1) is 5.82 Å². The highest BCUT2D eigenvalue weighted by Gasteiger charge is 2.30. The van der Waals surface area contributed by atoms with Crippen molar-refractivity contribution in [3.63, 3.8) is 0 Å². The number of anilines is 1. The van der Waals surface area contributed by atoms with Crippen molar-refractivity contribution in [1.82, 2.24) is 4.90 Å². The van der Waals surface area contributed by atoms with E-state index in [9.17, 15) is 17.6 Å². The number of benzene rings is 2. The predicted octanol–water partition coefficient (Wildman–Crippen LogP) is 4.47. The van der Waals surface area contributed by atoms with Crippen LogP contribution in [0.5, 0.6) is 0 Å². The molecule has 1 amide bonds. The molecule has 0 saturated heterocycles. The van der Waals surface area contributed by atoms with Gasteiger partial charge in [-0.15, -0.1) is 0 Å². The molecule has 1 fully saturated rings. The Balaban J connectivity index is 1.94. The summed E-state index contributed by atoms with van der Waals surface area (Å²) < 4.78 is 41.2. The van der Waals surface area contributed by atoms with Gasteiger partial charge in [0.05, 0.1) is 15.6 Å². The van der Waals surface area contributed by atoms with Crippen LogP contribution in [0.1, 0.15) is 32.1 Å². The van der Waals surface area contributed by atoms with E-state index < -0.39 is 15.8 Å². The van der Waals surface area contributed by atoms with Gasteiger partial charge in [0.1, 0.15) is 12.4 Å². The number of hydrogen-bond acceptors (Lipinski definition) is 3. The number of nitrogens with zero attached hydrogens (tertiary/aromatic N) is 2. The normalized spacial score (nSPS) is 15.1. The van der Waals surface area contributed by atoms with Gasteiger partial charge in [-0.25, -0.2) is 12.8 Å². The molecule has 0 aliphatic heterocycles. The molecule has 0 unspecified atom stereocenters. The Morgan fingerprint density at radius 2 is 1.76 bits per heavy atom. The monoisotopic (exact) mass is 438 g/mol. The first kappa shape index (κ1) is 21.6.